The van der Waals surface area contributed by atoms with Crippen LogP contribution in [0, 0.1) is 0 Å². The van der Waals surface area contributed by atoms with Crippen molar-refractivity contribution in [2.24, 2.45) is 0 Å². The van der Waals surface area contributed by atoms with Gasteiger partial charge in [0.1, 0.15) is 5.75 Å². The molecule has 0 aliphatic carbocycles. The first-order chi connectivity index (χ1) is 10.6. The summed E-state index contributed by atoms with van der Waals surface area (Å²) < 4.78 is 5.98. The number of carbonyl (C=O) groups is 1. The highest BCUT2D eigenvalue weighted by Gasteiger charge is 2.20. The van der Waals surface area contributed by atoms with Crippen LogP contribution < -0.4 is 10.1 Å². The largest absolute Gasteiger partial charge is 0.480 e. The molecule has 0 heterocycles. The Balaban J connectivity index is 2.11. The molecule has 2 rings (SSSR count). The number of benzene rings is 2. The molecule has 0 saturated carbocycles. The first-order valence-electron chi connectivity index (χ1n) is 7.73. The molecule has 0 fully saturated rings. The zero-order chi connectivity index (χ0) is 15.9. The van der Waals surface area contributed by atoms with Crippen LogP contribution in [0.3, 0.4) is 0 Å². The lowest BCUT2D eigenvalue weighted by atomic mass is 10.0. The number of carbonyl (C=O) groups excluding carboxylic acids is 1. The van der Waals surface area contributed by atoms with Crippen molar-refractivity contribution in [3.05, 3.63) is 60.2 Å². The predicted octanol–water partition coefficient (Wildman–Crippen LogP) is 4.61. The minimum atomic E-state index is -0.500. The van der Waals surface area contributed by atoms with Gasteiger partial charge in [0.25, 0.3) is 5.91 Å². The highest BCUT2D eigenvalue weighted by Crippen LogP contribution is 2.27. The van der Waals surface area contributed by atoms with Gasteiger partial charge >= 0.3 is 0 Å². The van der Waals surface area contributed by atoms with Gasteiger partial charge in [-0.3, -0.25) is 4.79 Å². The molecule has 3 heteroatoms. The number of para-hydroxylation sites is 2. The third-order valence-electron chi connectivity index (χ3n) is 3.51. The van der Waals surface area contributed by atoms with Crippen LogP contribution in [0.2, 0.25) is 0 Å². The van der Waals surface area contributed by atoms with Crippen molar-refractivity contribution in [1.29, 1.82) is 0 Å². The molecule has 0 aliphatic rings. The molecule has 0 saturated heterocycles. The van der Waals surface area contributed by atoms with Crippen LogP contribution in [-0.4, -0.2) is 12.0 Å². The lowest BCUT2D eigenvalue weighted by Crippen LogP contribution is -2.32. The Hall–Kier alpha value is -2.29. The van der Waals surface area contributed by atoms with E-state index in [9.17, 15) is 4.79 Å². The Morgan fingerprint density at radius 1 is 1.05 bits per heavy atom. The molecule has 0 bridgehead atoms. The zero-order valence-corrected chi connectivity index (χ0v) is 13.4. The molecule has 116 valence electrons. The van der Waals surface area contributed by atoms with E-state index in [2.05, 4.69) is 19.2 Å². The van der Waals surface area contributed by atoms with Crippen molar-refractivity contribution in [3.8, 4) is 5.75 Å². The smallest absolute Gasteiger partial charge is 0.265 e. The van der Waals surface area contributed by atoms with Crippen molar-refractivity contribution in [1.82, 2.24) is 0 Å². The average molecular weight is 297 g/mol. The second kappa shape index (κ2) is 7.64. The molecule has 1 amide bonds. The van der Waals surface area contributed by atoms with Crippen molar-refractivity contribution >= 4 is 11.6 Å². The van der Waals surface area contributed by atoms with Gasteiger partial charge in [0.15, 0.2) is 6.10 Å². The van der Waals surface area contributed by atoms with E-state index in [1.54, 1.807) is 0 Å². The van der Waals surface area contributed by atoms with Gasteiger partial charge in [0.05, 0.1) is 0 Å². The Kier molecular flexibility index (Phi) is 5.59. The topological polar surface area (TPSA) is 38.3 Å². The van der Waals surface area contributed by atoms with Crippen LogP contribution >= 0.6 is 0 Å². The fourth-order valence-electron chi connectivity index (χ4n) is 2.28. The van der Waals surface area contributed by atoms with E-state index in [1.165, 1.54) is 0 Å². The summed E-state index contributed by atoms with van der Waals surface area (Å²) in [7, 11) is 0. The molecule has 2 aromatic rings. The fraction of sp³-hybridized carbons (Fsp3) is 0.316. The van der Waals surface area contributed by atoms with Gasteiger partial charge in [0.2, 0.25) is 0 Å². The quantitative estimate of drug-likeness (QED) is 0.845. The van der Waals surface area contributed by atoms with Crippen LogP contribution in [0.25, 0.3) is 0 Å². The van der Waals surface area contributed by atoms with Crippen LogP contribution in [-0.2, 0) is 4.79 Å². The fourth-order valence-corrected chi connectivity index (χ4v) is 2.28. The molecule has 22 heavy (non-hydrogen) atoms. The first kappa shape index (κ1) is 16.1. The summed E-state index contributed by atoms with van der Waals surface area (Å²) in [6, 6.07) is 17.3. The Morgan fingerprint density at radius 3 is 2.32 bits per heavy atom. The SMILES string of the molecule is CC[C@H](Oc1ccccc1C(C)C)C(=O)Nc1ccccc1. The van der Waals surface area contributed by atoms with E-state index in [0.29, 0.717) is 12.3 Å². The van der Waals surface area contributed by atoms with Gasteiger partial charge < -0.3 is 10.1 Å². The number of anilines is 1. The van der Waals surface area contributed by atoms with Crippen molar-refractivity contribution < 1.29 is 9.53 Å². The number of nitrogens with one attached hydrogen (secondary N) is 1. The molecule has 3 nitrogen and oxygen atoms in total. The molecule has 0 aliphatic heterocycles. The second-order valence-corrected chi connectivity index (χ2v) is 5.56. The van der Waals surface area contributed by atoms with Crippen molar-refractivity contribution in [3.63, 3.8) is 0 Å². The van der Waals surface area contributed by atoms with Crippen LogP contribution in [0.1, 0.15) is 38.7 Å². The third kappa shape index (κ3) is 4.10. The third-order valence-corrected chi connectivity index (χ3v) is 3.51. The maximum absolute atomic E-state index is 12.4. The summed E-state index contributed by atoms with van der Waals surface area (Å²) in [5.74, 6) is 1.02. The Labute approximate surface area is 132 Å². The van der Waals surface area contributed by atoms with Gasteiger partial charge in [-0.2, -0.15) is 0 Å². The van der Waals surface area contributed by atoms with Crippen molar-refractivity contribution in [2.75, 3.05) is 5.32 Å². The predicted molar refractivity (Wildman–Crippen MR) is 90.3 cm³/mol. The van der Waals surface area contributed by atoms with Crippen molar-refractivity contribution in [2.45, 2.75) is 39.2 Å². The monoisotopic (exact) mass is 297 g/mol. The lowest BCUT2D eigenvalue weighted by Gasteiger charge is -2.20. The van der Waals surface area contributed by atoms with Gasteiger partial charge in [-0.25, -0.2) is 0 Å². The zero-order valence-electron chi connectivity index (χ0n) is 13.4. The first-order valence-corrected chi connectivity index (χ1v) is 7.73. The molecule has 0 unspecified atom stereocenters. The van der Waals surface area contributed by atoms with Crippen LogP contribution in [0.5, 0.6) is 5.75 Å². The van der Waals surface area contributed by atoms with E-state index in [0.717, 1.165) is 17.0 Å². The minimum Gasteiger partial charge on any atom is -0.480 e. The van der Waals surface area contributed by atoms with Gasteiger partial charge in [-0.1, -0.05) is 57.2 Å². The summed E-state index contributed by atoms with van der Waals surface area (Å²) >= 11 is 0. The highest BCUT2D eigenvalue weighted by atomic mass is 16.5. The van der Waals surface area contributed by atoms with E-state index >= 15 is 0 Å². The molecule has 1 N–H and O–H groups in total. The lowest BCUT2D eigenvalue weighted by molar-refractivity contribution is -0.122. The van der Waals surface area contributed by atoms with Crippen LogP contribution in [0.4, 0.5) is 5.69 Å². The van der Waals surface area contributed by atoms with Gasteiger partial charge in [0, 0.05) is 5.69 Å². The number of rotatable bonds is 6. The number of amides is 1. The highest BCUT2D eigenvalue weighted by molar-refractivity contribution is 5.94. The van der Waals surface area contributed by atoms with E-state index in [-0.39, 0.29) is 5.91 Å². The molecular formula is C19H23NO2. The molecule has 1 atom stereocenters. The summed E-state index contributed by atoms with van der Waals surface area (Å²) in [5, 5.41) is 2.90. The number of hydrogen-bond acceptors (Lipinski definition) is 2. The molecule has 0 radical (unpaired) electrons. The van der Waals surface area contributed by atoms with Gasteiger partial charge in [-0.05, 0) is 36.1 Å². The number of hydrogen-bond donors (Lipinski definition) is 1. The summed E-state index contributed by atoms with van der Waals surface area (Å²) in [6.07, 6.45) is 0.116. The van der Waals surface area contributed by atoms with Crippen LogP contribution in [0.15, 0.2) is 54.6 Å². The maximum atomic E-state index is 12.4. The molecular weight excluding hydrogens is 274 g/mol. The van der Waals surface area contributed by atoms with E-state index in [4.69, 9.17) is 4.74 Å². The normalized spacial score (nSPS) is 12.0. The van der Waals surface area contributed by atoms with Gasteiger partial charge in [-0.15, -0.1) is 0 Å². The minimum absolute atomic E-state index is 0.118. The van der Waals surface area contributed by atoms with E-state index in [1.807, 2.05) is 61.5 Å². The molecule has 2 aromatic carbocycles. The molecule has 0 aromatic heterocycles. The second-order valence-electron chi connectivity index (χ2n) is 5.56. The maximum Gasteiger partial charge on any atom is 0.265 e. The average Bonchev–Trinajstić information content (AvgIpc) is 2.53. The summed E-state index contributed by atoms with van der Waals surface area (Å²) in [4.78, 5) is 12.4. The summed E-state index contributed by atoms with van der Waals surface area (Å²) in [6.45, 7) is 6.19. The standard InChI is InChI=1S/C19H23NO2/c1-4-17(19(21)20-15-10-6-5-7-11-15)22-18-13-9-8-12-16(18)14(2)3/h5-14,17H,4H2,1-3H3,(H,20,21)/t17-/m0/s1. The number of ether oxygens (including phenoxy) is 1. The summed E-state index contributed by atoms with van der Waals surface area (Å²) in [5.41, 5.74) is 1.90. The Bertz CT molecular complexity index is 608. The Morgan fingerprint density at radius 2 is 1.68 bits per heavy atom. The molecule has 0 spiro atoms. The van der Waals surface area contributed by atoms with E-state index < -0.39 is 6.10 Å².